The molecule has 0 spiro atoms. The molecule has 0 saturated carbocycles. The predicted molar refractivity (Wildman–Crippen MR) is 108 cm³/mol. The van der Waals surface area contributed by atoms with E-state index in [1.165, 1.54) is 0 Å². The number of nitrogens with zero attached hydrogens (tertiary/aromatic N) is 2. The van der Waals surface area contributed by atoms with E-state index < -0.39 is 0 Å². The highest BCUT2D eigenvalue weighted by Gasteiger charge is 2.20. The predicted octanol–water partition coefficient (Wildman–Crippen LogP) is 3.99. The fourth-order valence-electron chi connectivity index (χ4n) is 3.16. The quantitative estimate of drug-likeness (QED) is 0.836. The number of hydrogen-bond donors (Lipinski definition) is 1. The summed E-state index contributed by atoms with van der Waals surface area (Å²) in [6.45, 7) is 5.89. The summed E-state index contributed by atoms with van der Waals surface area (Å²) in [5.74, 6) is 0.0451. The molecule has 138 valence electrons. The minimum atomic E-state index is -0.0347. The molecule has 0 aliphatic carbocycles. The number of halogens is 2. The maximum Gasteiger partial charge on any atom is 0.234 e. The topological polar surface area (TPSA) is 35.6 Å². The van der Waals surface area contributed by atoms with Gasteiger partial charge in [-0.3, -0.25) is 9.69 Å². The van der Waals surface area contributed by atoms with Crippen LogP contribution in [0.4, 0.5) is 5.69 Å². The zero-order valence-corrected chi connectivity index (χ0v) is 16.3. The van der Waals surface area contributed by atoms with Crippen molar-refractivity contribution in [1.29, 1.82) is 0 Å². The molecule has 1 atom stereocenters. The first-order valence-electron chi connectivity index (χ1n) is 8.79. The highest BCUT2D eigenvalue weighted by atomic mass is 35.5. The Morgan fingerprint density at radius 3 is 2.38 bits per heavy atom. The van der Waals surface area contributed by atoms with Gasteiger partial charge in [0.05, 0.1) is 12.6 Å². The number of amides is 1. The summed E-state index contributed by atoms with van der Waals surface area (Å²) in [5, 5.41) is 4.51. The largest absolute Gasteiger partial charge is 0.369 e. The van der Waals surface area contributed by atoms with Crippen molar-refractivity contribution in [1.82, 2.24) is 10.2 Å². The van der Waals surface area contributed by atoms with Gasteiger partial charge in [-0.1, -0.05) is 41.4 Å². The molecule has 2 aromatic rings. The van der Waals surface area contributed by atoms with Crippen LogP contribution >= 0.6 is 23.2 Å². The molecule has 1 heterocycles. The number of benzene rings is 2. The standard InChI is InChI=1S/C20H23Cl2N3O/c1-15(16-5-7-17(21)8-6-16)23-20(26)14-24-9-11-25(12-10-24)19-4-2-3-18(22)13-19/h2-8,13,15H,9-12,14H2,1H3,(H,23,26)/t15-/m0/s1. The fourth-order valence-corrected chi connectivity index (χ4v) is 3.47. The average Bonchev–Trinajstić information content (AvgIpc) is 2.62. The van der Waals surface area contributed by atoms with E-state index in [1.54, 1.807) is 0 Å². The number of piperazine rings is 1. The van der Waals surface area contributed by atoms with Crippen molar-refractivity contribution in [2.75, 3.05) is 37.6 Å². The molecule has 1 N–H and O–H groups in total. The summed E-state index contributed by atoms with van der Waals surface area (Å²) in [5.41, 5.74) is 2.19. The molecular weight excluding hydrogens is 369 g/mol. The van der Waals surface area contributed by atoms with Crippen LogP contribution in [0.15, 0.2) is 48.5 Å². The molecule has 4 nitrogen and oxygen atoms in total. The van der Waals surface area contributed by atoms with Crippen molar-refractivity contribution in [2.45, 2.75) is 13.0 Å². The summed E-state index contributed by atoms with van der Waals surface area (Å²) in [6.07, 6.45) is 0. The highest BCUT2D eigenvalue weighted by Crippen LogP contribution is 2.21. The number of rotatable bonds is 5. The van der Waals surface area contributed by atoms with Crippen LogP contribution in [0.3, 0.4) is 0 Å². The summed E-state index contributed by atoms with van der Waals surface area (Å²) < 4.78 is 0. The van der Waals surface area contributed by atoms with E-state index in [0.29, 0.717) is 11.6 Å². The van der Waals surface area contributed by atoms with E-state index in [0.717, 1.165) is 42.5 Å². The van der Waals surface area contributed by atoms with E-state index >= 15 is 0 Å². The Kier molecular flexibility index (Phi) is 6.41. The molecule has 2 aromatic carbocycles. The Labute approximate surface area is 164 Å². The van der Waals surface area contributed by atoms with Gasteiger partial charge in [0.1, 0.15) is 0 Å². The van der Waals surface area contributed by atoms with Crippen molar-refractivity contribution in [2.24, 2.45) is 0 Å². The molecule has 1 fully saturated rings. The number of anilines is 1. The molecule has 1 amide bonds. The van der Waals surface area contributed by atoms with Crippen LogP contribution in [-0.2, 0) is 4.79 Å². The van der Waals surface area contributed by atoms with Crippen LogP contribution in [0, 0.1) is 0 Å². The van der Waals surface area contributed by atoms with Crippen LogP contribution in [0.1, 0.15) is 18.5 Å². The van der Waals surface area contributed by atoms with Crippen molar-refractivity contribution < 1.29 is 4.79 Å². The highest BCUT2D eigenvalue weighted by molar-refractivity contribution is 6.31. The van der Waals surface area contributed by atoms with Gasteiger partial charge in [0.15, 0.2) is 0 Å². The second-order valence-electron chi connectivity index (χ2n) is 6.58. The van der Waals surface area contributed by atoms with E-state index in [1.807, 2.05) is 49.4 Å². The molecule has 26 heavy (non-hydrogen) atoms. The zero-order valence-electron chi connectivity index (χ0n) is 14.8. The lowest BCUT2D eigenvalue weighted by Gasteiger charge is -2.36. The minimum absolute atomic E-state index is 0.0347. The maximum atomic E-state index is 12.3. The Morgan fingerprint density at radius 1 is 1.04 bits per heavy atom. The Balaban J connectivity index is 1.46. The van der Waals surface area contributed by atoms with Crippen LogP contribution in [-0.4, -0.2) is 43.5 Å². The van der Waals surface area contributed by atoms with E-state index in [9.17, 15) is 4.79 Å². The van der Waals surface area contributed by atoms with Crippen molar-refractivity contribution >= 4 is 34.8 Å². The normalized spacial score (nSPS) is 16.3. The first kappa shape index (κ1) is 19.0. The molecule has 3 rings (SSSR count). The van der Waals surface area contributed by atoms with E-state index in [4.69, 9.17) is 23.2 Å². The minimum Gasteiger partial charge on any atom is -0.369 e. The summed E-state index contributed by atoms with van der Waals surface area (Å²) in [6, 6.07) is 15.4. The molecule has 1 aliphatic rings. The number of carbonyl (C=O) groups excluding carboxylic acids is 1. The van der Waals surface area contributed by atoms with Gasteiger partial charge in [-0.2, -0.15) is 0 Å². The van der Waals surface area contributed by atoms with Gasteiger partial charge in [-0.25, -0.2) is 0 Å². The lowest BCUT2D eigenvalue weighted by Crippen LogP contribution is -2.49. The lowest BCUT2D eigenvalue weighted by atomic mass is 10.1. The van der Waals surface area contributed by atoms with Gasteiger partial charge < -0.3 is 10.2 Å². The molecule has 0 aromatic heterocycles. The monoisotopic (exact) mass is 391 g/mol. The molecule has 6 heteroatoms. The van der Waals surface area contributed by atoms with E-state index in [-0.39, 0.29) is 11.9 Å². The SMILES string of the molecule is C[C@H](NC(=O)CN1CCN(c2cccc(Cl)c2)CC1)c1ccc(Cl)cc1. The summed E-state index contributed by atoms with van der Waals surface area (Å²) >= 11 is 12.0. The van der Waals surface area contributed by atoms with Crippen LogP contribution in [0.25, 0.3) is 0 Å². The van der Waals surface area contributed by atoms with Crippen molar-refractivity contribution in [3.05, 3.63) is 64.1 Å². The molecule has 0 bridgehead atoms. The Bertz CT molecular complexity index is 743. The van der Waals surface area contributed by atoms with Gasteiger partial charge in [0, 0.05) is 41.9 Å². The summed E-state index contributed by atoms with van der Waals surface area (Å²) in [4.78, 5) is 16.8. The first-order chi connectivity index (χ1) is 12.5. The van der Waals surface area contributed by atoms with Crippen LogP contribution in [0.5, 0.6) is 0 Å². The molecular formula is C20H23Cl2N3O. The number of nitrogens with one attached hydrogen (secondary N) is 1. The number of carbonyl (C=O) groups is 1. The van der Waals surface area contributed by atoms with Gasteiger partial charge in [0.2, 0.25) is 5.91 Å². The Morgan fingerprint density at radius 2 is 1.73 bits per heavy atom. The van der Waals surface area contributed by atoms with Crippen LogP contribution in [0.2, 0.25) is 10.0 Å². The van der Waals surface area contributed by atoms with Gasteiger partial charge >= 0.3 is 0 Å². The average molecular weight is 392 g/mol. The molecule has 1 aliphatic heterocycles. The smallest absolute Gasteiger partial charge is 0.234 e. The van der Waals surface area contributed by atoms with Gasteiger partial charge in [-0.15, -0.1) is 0 Å². The van der Waals surface area contributed by atoms with Crippen molar-refractivity contribution in [3.8, 4) is 0 Å². The van der Waals surface area contributed by atoms with Gasteiger partial charge in [0.25, 0.3) is 0 Å². The third-order valence-corrected chi connectivity index (χ3v) is 5.15. The second-order valence-corrected chi connectivity index (χ2v) is 7.46. The molecule has 0 radical (unpaired) electrons. The first-order valence-corrected chi connectivity index (χ1v) is 9.54. The Hall–Kier alpha value is -1.75. The summed E-state index contributed by atoms with van der Waals surface area (Å²) in [7, 11) is 0. The second kappa shape index (κ2) is 8.76. The fraction of sp³-hybridized carbons (Fsp3) is 0.350. The maximum absolute atomic E-state index is 12.3. The molecule has 1 saturated heterocycles. The van der Waals surface area contributed by atoms with E-state index in [2.05, 4.69) is 21.2 Å². The third kappa shape index (κ3) is 5.13. The van der Waals surface area contributed by atoms with Crippen LogP contribution < -0.4 is 10.2 Å². The van der Waals surface area contributed by atoms with Gasteiger partial charge in [-0.05, 0) is 42.8 Å². The molecule has 0 unspecified atom stereocenters. The third-order valence-electron chi connectivity index (χ3n) is 4.66. The van der Waals surface area contributed by atoms with Crippen molar-refractivity contribution in [3.63, 3.8) is 0 Å². The lowest BCUT2D eigenvalue weighted by molar-refractivity contribution is -0.123. The zero-order chi connectivity index (χ0) is 18.5. The number of hydrogen-bond acceptors (Lipinski definition) is 3.